The number of halogens is 1. The van der Waals surface area contributed by atoms with Crippen LogP contribution in [-0.2, 0) is 11.3 Å². The number of likely N-dealkylation sites (tertiary alicyclic amines) is 1. The molecule has 1 heterocycles. The van der Waals surface area contributed by atoms with E-state index in [1.54, 1.807) is 0 Å². The van der Waals surface area contributed by atoms with Gasteiger partial charge in [0.2, 0.25) is 5.91 Å². The second-order valence-corrected chi connectivity index (χ2v) is 8.40. The van der Waals surface area contributed by atoms with Gasteiger partial charge in [0.25, 0.3) is 0 Å². The van der Waals surface area contributed by atoms with Crippen LogP contribution in [0.15, 0.2) is 42.5 Å². The lowest BCUT2D eigenvalue weighted by atomic mass is 9.94. The van der Waals surface area contributed by atoms with Gasteiger partial charge in [-0.05, 0) is 62.4 Å². The summed E-state index contributed by atoms with van der Waals surface area (Å²) in [5, 5.41) is 4.12. The predicted octanol–water partition coefficient (Wildman–Crippen LogP) is 5.44. The van der Waals surface area contributed by atoms with Crippen molar-refractivity contribution >= 4 is 17.5 Å². The highest BCUT2D eigenvalue weighted by Gasteiger charge is 2.27. The fraction of sp³-hybridized carbons (Fsp3) is 0.458. The third kappa shape index (κ3) is 5.15. The van der Waals surface area contributed by atoms with Gasteiger partial charge >= 0.3 is 0 Å². The molecule has 1 N–H and O–H groups in total. The van der Waals surface area contributed by atoms with Gasteiger partial charge in [-0.1, -0.05) is 60.5 Å². The number of rotatable bonds is 6. The minimum atomic E-state index is 0.0380. The summed E-state index contributed by atoms with van der Waals surface area (Å²) in [6.07, 6.45) is 2.89. The van der Waals surface area contributed by atoms with Gasteiger partial charge in [-0.15, -0.1) is 0 Å². The molecule has 1 amide bonds. The van der Waals surface area contributed by atoms with E-state index in [1.807, 2.05) is 18.2 Å². The molecular formula is C24H31ClN2O. The van der Waals surface area contributed by atoms with E-state index in [0.29, 0.717) is 0 Å². The summed E-state index contributed by atoms with van der Waals surface area (Å²) in [7, 11) is 0. The van der Waals surface area contributed by atoms with Crippen molar-refractivity contribution in [3.8, 4) is 0 Å². The summed E-state index contributed by atoms with van der Waals surface area (Å²) < 4.78 is 0. The Balaban J connectivity index is 1.63. The molecular weight excluding hydrogens is 368 g/mol. The van der Waals surface area contributed by atoms with Crippen LogP contribution in [0.4, 0.5) is 0 Å². The predicted molar refractivity (Wildman–Crippen MR) is 117 cm³/mol. The normalized spacial score (nSPS) is 18.6. The molecule has 0 spiro atoms. The van der Waals surface area contributed by atoms with Crippen molar-refractivity contribution in [1.29, 1.82) is 0 Å². The summed E-state index contributed by atoms with van der Waals surface area (Å²) in [5.74, 6) is 0.215. The molecule has 0 saturated carbocycles. The molecule has 3 nitrogen and oxygen atoms in total. The minimum Gasteiger partial charge on any atom is -0.349 e. The van der Waals surface area contributed by atoms with Gasteiger partial charge in [0.05, 0.1) is 12.0 Å². The molecule has 4 heteroatoms. The lowest BCUT2D eigenvalue weighted by Gasteiger charge is -2.33. The highest BCUT2D eigenvalue weighted by molar-refractivity contribution is 6.31. The average molecular weight is 399 g/mol. The number of benzene rings is 2. The first-order chi connectivity index (χ1) is 13.5. The van der Waals surface area contributed by atoms with Crippen molar-refractivity contribution < 1.29 is 4.79 Å². The Bertz CT molecular complexity index is 820. The van der Waals surface area contributed by atoms with Crippen molar-refractivity contribution in [2.24, 2.45) is 5.92 Å². The van der Waals surface area contributed by atoms with Gasteiger partial charge < -0.3 is 5.32 Å². The first-order valence-electron chi connectivity index (χ1n) is 10.3. The van der Waals surface area contributed by atoms with Gasteiger partial charge in [0.15, 0.2) is 0 Å². The number of nitrogens with one attached hydrogen (secondary N) is 1. The number of hydrogen-bond donors (Lipinski definition) is 1. The number of nitrogens with zero attached hydrogens (tertiary/aromatic N) is 1. The zero-order valence-electron chi connectivity index (χ0n) is 17.2. The van der Waals surface area contributed by atoms with Crippen LogP contribution in [0.5, 0.6) is 0 Å². The van der Waals surface area contributed by atoms with Crippen LogP contribution in [0.1, 0.15) is 54.5 Å². The maximum Gasteiger partial charge on any atom is 0.224 e. The molecule has 1 aliphatic rings. The molecule has 0 unspecified atom stereocenters. The van der Waals surface area contributed by atoms with Crippen LogP contribution in [0.2, 0.25) is 5.02 Å². The van der Waals surface area contributed by atoms with Crippen LogP contribution in [0.25, 0.3) is 0 Å². The van der Waals surface area contributed by atoms with Gasteiger partial charge in [0.1, 0.15) is 0 Å². The van der Waals surface area contributed by atoms with Gasteiger partial charge in [-0.2, -0.15) is 0 Å². The Morgan fingerprint density at radius 3 is 2.75 bits per heavy atom. The summed E-state index contributed by atoms with van der Waals surface area (Å²) in [6.45, 7) is 8.98. The number of hydrogen-bond acceptors (Lipinski definition) is 2. The molecule has 1 aliphatic heterocycles. The molecule has 0 radical (unpaired) electrons. The van der Waals surface area contributed by atoms with Crippen molar-refractivity contribution in [2.45, 2.75) is 52.6 Å². The Morgan fingerprint density at radius 1 is 1.25 bits per heavy atom. The van der Waals surface area contributed by atoms with Crippen LogP contribution in [0, 0.1) is 19.8 Å². The molecule has 2 atom stereocenters. The largest absolute Gasteiger partial charge is 0.349 e. The molecule has 3 rings (SSSR count). The zero-order valence-corrected chi connectivity index (χ0v) is 17.9. The molecule has 28 heavy (non-hydrogen) atoms. The number of carbonyl (C=O) groups excluding carboxylic acids is 1. The van der Waals surface area contributed by atoms with E-state index in [9.17, 15) is 4.79 Å². The van der Waals surface area contributed by atoms with E-state index >= 15 is 0 Å². The summed E-state index contributed by atoms with van der Waals surface area (Å²) in [6, 6.07) is 14.5. The SMILES string of the molecule is CC[C@@H](NC(=O)[C@@H]1CCCN(Cc2ccccc2Cl)C1)c1ccc(C)cc1C. The lowest BCUT2D eigenvalue weighted by Crippen LogP contribution is -2.43. The molecule has 0 bridgehead atoms. The molecule has 2 aromatic rings. The average Bonchev–Trinajstić information content (AvgIpc) is 2.68. The number of aryl methyl sites for hydroxylation is 2. The Morgan fingerprint density at radius 2 is 2.04 bits per heavy atom. The van der Waals surface area contributed by atoms with Crippen molar-refractivity contribution in [3.05, 3.63) is 69.7 Å². The maximum atomic E-state index is 13.0. The van der Waals surface area contributed by atoms with E-state index in [0.717, 1.165) is 49.5 Å². The quantitative estimate of drug-likeness (QED) is 0.702. The van der Waals surface area contributed by atoms with Crippen molar-refractivity contribution in [2.75, 3.05) is 13.1 Å². The molecule has 2 aromatic carbocycles. The first kappa shape index (κ1) is 20.9. The van der Waals surface area contributed by atoms with E-state index in [4.69, 9.17) is 11.6 Å². The van der Waals surface area contributed by atoms with E-state index in [2.05, 4.69) is 55.3 Å². The summed E-state index contributed by atoms with van der Waals surface area (Å²) in [5.41, 5.74) is 4.86. The van der Waals surface area contributed by atoms with Crippen LogP contribution < -0.4 is 5.32 Å². The lowest BCUT2D eigenvalue weighted by molar-refractivity contribution is -0.127. The van der Waals surface area contributed by atoms with E-state index in [1.165, 1.54) is 16.7 Å². The molecule has 1 saturated heterocycles. The second-order valence-electron chi connectivity index (χ2n) is 8.00. The number of carbonyl (C=O) groups is 1. The number of piperidine rings is 1. The highest BCUT2D eigenvalue weighted by Crippen LogP contribution is 2.25. The van der Waals surface area contributed by atoms with Crippen LogP contribution in [0.3, 0.4) is 0 Å². The third-order valence-corrected chi connectivity index (χ3v) is 6.12. The molecule has 0 aromatic heterocycles. The second kappa shape index (κ2) is 9.58. The first-order valence-corrected chi connectivity index (χ1v) is 10.7. The summed E-state index contributed by atoms with van der Waals surface area (Å²) in [4.78, 5) is 15.4. The molecule has 1 fully saturated rings. The molecule has 0 aliphatic carbocycles. The van der Waals surface area contributed by atoms with E-state index in [-0.39, 0.29) is 17.9 Å². The Kier molecular flexibility index (Phi) is 7.14. The van der Waals surface area contributed by atoms with Crippen molar-refractivity contribution in [3.63, 3.8) is 0 Å². The number of amides is 1. The van der Waals surface area contributed by atoms with Gasteiger partial charge in [-0.3, -0.25) is 9.69 Å². The van der Waals surface area contributed by atoms with Crippen molar-refractivity contribution in [1.82, 2.24) is 10.2 Å². The Labute approximate surface area is 174 Å². The summed E-state index contributed by atoms with van der Waals surface area (Å²) >= 11 is 6.32. The monoisotopic (exact) mass is 398 g/mol. The highest BCUT2D eigenvalue weighted by atomic mass is 35.5. The van der Waals surface area contributed by atoms with Crippen LogP contribution in [-0.4, -0.2) is 23.9 Å². The van der Waals surface area contributed by atoms with Gasteiger partial charge in [-0.25, -0.2) is 0 Å². The molecule has 150 valence electrons. The fourth-order valence-corrected chi connectivity index (χ4v) is 4.38. The van der Waals surface area contributed by atoms with Gasteiger partial charge in [0, 0.05) is 18.1 Å². The zero-order chi connectivity index (χ0) is 20.1. The van der Waals surface area contributed by atoms with Crippen LogP contribution >= 0.6 is 11.6 Å². The fourth-order valence-electron chi connectivity index (χ4n) is 4.19. The van der Waals surface area contributed by atoms with E-state index < -0.39 is 0 Å². The topological polar surface area (TPSA) is 32.3 Å². The minimum absolute atomic E-state index is 0.0380. The Hall–Kier alpha value is -1.84. The smallest absolute Gasteiger partial charge is 0.224 e. The maximum absolute atomic E-state index is 13.0. The third-order valence-electron chi connectivity index (χ3n) is 5.75. The standard InChI is InChI=1S/C24H31ClN2O/c1-4-23(21-12-11-17(2)14-18(21)3)26-24(28)20-9-7-13-27(16-20)15-19-8-5-6-10-22(19)25/h5-6,8,10-12,14,20,23H,4,7,9,13,15-16H2,1-3H3,(H,26,28)/t20-,23-/m1/s1.